The lowest BCUT2D eigenvalue weighted by Gasteiger charge is -2.32. The monoisotopic (exact) mass is 394 g/mol. The Morgan fingerprint density at radius 2 is 1.82 bits per heavy atom. The second-order valence-electron chi connectivity index (χ2n) is 7.96. The summed E-state index contributed by atoms with van der Waals surface area (Å²) in [5.41, 5.74) is -0.152. The van der Waals surface area contributed by atoms with Crippen molar-refractivity contribution < 1.29 is 23.5 Å². The number of aliphatic hydroxyl groups is 1. The van der Waals surface area contributed by atoms with Crippen molar-refractivity contribution in [3.8, 4) is 0 Å². The number of amides is 2. The van der Waals surface area contributed by atoms with Crippen LogP contribution >= 0.6 is 0 Å². The Hall–Kier alpha value is -2.02. The minimum atomic E-state index is -0.873. The first-order valence-corrected chi connectivity index (χ1v) is 10.1. The molecule has 1 saturated carbocycles. The van der Waals surface area contributed by atoms with Crippen molar-refractivity contribution in [3.05, 3.63) is 35.4 Å². The van der Waals surface area contributed by atoms with Gasteiger partial charge in [-0.2, -0.15) is 0 Å². The summed E-state index contributed by atoms with van der Waals surface area (Å²) in [5, 5.41) is 12.6. The van der Waals surface area contributed by atoms with Crippen molar-refractivity contribution >= 4 is 11.8 Å². The molecule has 1 aliphatic heterocycles. The molecule has 1 atom stereocenters. The van der Waals surface area contributed by atoms with Gasteiger partial charge in [-0.1, -0.05) is 25.7 Å². The normalized spacial score (nSPS) is 19.6. The minimum Gasteiger partial charge on any atom is -0.394 e. The largest absolute Gasteiger partial charge is 0.394 e. The van der Waals surface area contributed by atoms with Crippen molar-refractivity contribution in [3.63, 3.8) is 0 Å². The molecule has 5 nitrogen and oxygen atoms in total. The van der Waals surface area contributed by atoms with Crippen LogP contribution in [0.3, 0.4) is 0 Å². The molecule has 2 N–H and O–H groups in total. The molecule has 1 saturated heterocycles. The van der Waals surface area contributed by atoms with Crippen LogP contribution in [0.4, 0.5) is 8.78 Å². The molecule has 1 heterocycles. The lowest BCUT2D eigenvalue weighted by Crippen LogP contribution is -2.46. The summed E-state index contributed by atoms with van der Waals surface area (Å²) in [5.74, 6) is -1.81. The fourth-order valence-corrected chi connectivity index (χ4v) is 4.32. The first-order valence-electron chi connectivity index (χ1n) is 10.1. The average molecular weight is 394 g/mol. The minimum absolute atomic E-state index is 0.0661. The quantitative estimate of drug-likeness (QED) is 0.780. The van der Waals surface area contributed by atoms with E-state index in [4.69, 9.17) is 0 Å². The van der Waals surface area contributed by atoms with Gasteiger partial charge in [0.1, 0.15) is 11.6 Å². The van der Waals surface area contributed by atoms with E-state index in [9.17, 15) is 23.5 Å². The standard InChI is InChI=1S/C21H28F2N2O3/c22-16-5-6-18(19(23)12-16)21(28)25-9-7-15(8-10-25)20(27)24-17(13-26)11-14-3-1-2-4-14/h5-6,12,14-15,17,26H,1-4,7-11,13H2,(H,24,27)/t17-/m1/s1. The number of likely N-dealkylation sites (tertiary alicyclic amines) is 1. The number of hydrogen-bond acceptors (Lipinski definition) is 3. The van der Waals surface area contributed by atoms with E-state index in [1.807, 2.05) is 0 Å². The van der Waals surface area contributed by atoms with E-state index in [0.29, 0.717) is 37.9 Å². The number of nitrogens with zero attached hydrogens (tertiary/aromatic N) is 1. The van der Waals surface area contributed by atoms with Crippen LogP contribution in [-0.2, 0) is 4.79 Å². The summed E-state index contributed by atoms with van der Waals surface area (Å²) >= 11 is 0. The van der Waals surface area contributed by atoms with Crippen molar-refractivity contribution in [1.82, 2.24) is 10.2 Å². The summed E-state index contributed by atoms with van der Waals surface area (Å²) in [6, 6.07) is 2.70. The lowest BCUT2D eigenvalue weighted by molar-refractivity contribution is -0.127. The summed E-state index contributed by atoms with van der Waals surface area (Å²) in [4.78, 5) is 26.5. The molecule has 154 valence electrons. The van der Waals surface area contributed by atoms with Crippen molar-refractivity contribution in [2.24, 2.45) is 11.8 Å². The number of carbonyl (C=O) groups excluding carboxylic acids is 2. The highest BCUT2D eigenvalue weighted by Gasteiger charge is 2.30. The van der Waals surface area contributed by atoms with Gasteiger partial charge in [0, 0.05) is 25.1 Å². The predicted molar refractivity (Wildman–Crippen MR) is 101 cm³/mol. The molecule has 1 aliphatic carbocycles. The molecule has 1 aromatic carbocycles. The number of halogens is 2. The van der Waals surface area contributed by atoms with Crippen LogP contribution in [-0.4, -0.2) is 47.6 Å². The fraction of sp³-hybridized carbons (Fsp3) is 0.619. The third-order valence-corrected chi connectivity index (χ3v) is 5.97. The molecule has 0 bridgehead atoms. The van der Waals surface area contributed by atoms with Crippen LogP contribution in [0, 0.1) is 23.5 Å². The molecule has 2 fully saturated rings. The maximum absolute atomic E-state index is 13.8. The molecule has 1 aromatic rings. The Labute approximate surface area is 164 Å². The van der Waals surface area contributed by atoms with E-state index < -0.39 is 17.5 Å². The highest BCUT2D eigenvalue weighted by molar-refractivity contribution is 5.94. The first-order chi connectivity index (χ1) is 13.5. The molecule has 0 radical (unpaired) electrons. The predicted octanol–water partition coefficient (Wildman–Crippen LogP) is 2.87. The number of aliphatic hydroxyl groups excluding tert-OH is 1. The smallest absolute Gasteiger partial charge is 0.256 e. The van der Waals surface area contributed by atoms with Crippen LogP contribution < -0.4 is 5.32 Å². The second kappa shape index (κ2) is 9.45. The highest BCUT2D eigenvalue weighted by Crippen LogP contribution is 2.29. The van der Waals surface area contributed by atoms with Gasteiger partial charge in [-0.15, -0.1) is 0 Å². The van der Waals surface area contributed by atoms with Gasteiger partial charge in [-0.25, -0.2) is 8.78 Å². The Morgan fingerprint density at radius 1 is 1.14 bits per heavy atom. The van der Waals surface area contributed by atoms with Crippen LogP contribution in [0.15, 0.2) is 18.2 Å². The molecule has 28 heavy (non-hydrogen) atoms. The van der Waals surface area contributed by atoms with Gasteiger partial charge in [-0.05, 0) is 37.3 Å². The fourth-order valence-electron chi connectivity index (χ4n) is 4.32. The van der Waals surface area contributed by atoms with E-state index in [1.165, 1.54) is 17.7 Å². The Balaban J connectivity index is 1.49. The SMILES string of the molecule is O=C(N[C@@H](CO)CC1CCCC1)C1CCN(C(=O)c2ccc(F)cc2F)CC1. The van der Waals surface area contributed by atoms with Crippen molar-refractivity contribution in [1.29, 1.82) is 0 Å². The second-order valence-corrected chi connectivity index (χ2v) is 7.96. The van der Waals surface area contributed by atoms with Crippen molar-refractivity contribution in [2.75, 3.05) is 19.7 Å². The average Bonchev–Trinajstić information content (AvgIpc) is 3.20. The van der Waals surface area contributed by atoms with Gasteiger partial charge < -0.3 is 15.3 Å². The highest BCUT2D eigenvalue weighted by atomic mass is 19.1. The molecule has 3 rings (SSSR count). The molecule has 2 amide bonds. The van der Waals surface area contributed by atoms with Crippen LogP contribution in [0.2, 0.25) is 0 Å². The Morgan fingerprint density at radius 3 is 2.43 bits per heavy atom. The molecule has 0 aromatic heterocycles. The van der Waals surface area contributed by atoms with E-state index in [0.717, 1.165) is 31.4 Å². The van der Waals surface area contributed by atoms with Gasteiger partial charge in [0.15, 0.2) is 0 Å². The number of piperidine rings is 1. The van der Waals surface area contributed by atoms with Crippen LogP contribution in [0.1, 0.15) is 55.3 Å². The number of rotatable bonds is 6. The Bertz CT molecular complexity index is 699. The number of benzene rings is 1. The van der Waals surface area contributed by atoms with Gasteiger partial charge in [-0.3, -0.25) is 9.59 Å². The van der Waals surface area contributed by atoms with Crippen LogP contribution in [0.25, 0.3) is 0 Å². The molecular formula is C21H28F2N2O3. The van der Waals surface area contributed by atoms with E-state index in [1.54, 1.807) is 0 Å². The number of nitrogens with one attached hydrogen (secondary N) is 1. The molecule has 2 aliphatic rings. The van der Waals surface area contributed by atoms with Gasteiger partial charge >= 0.3 is 0 Å². The molecular weight excluding hydrogens is 366 g/mol. The zero-order chi connectivity index (χ0) is 20.1. The van der Waals surface area contributed by atoms with E-state index in [2.05, 4.69) is 5.32 Å². The molecule has 0 unspecified atom stereocenters. The van der Waals surface area contributed by atoms with Gasteiger partial charge in [0.25, 0.3) is 5.91 Å². The van der Waals surface area contributed by atoms with Crippen molar-refractivity contribution in [2.45, 2.75) is 51.0 Å². The van der Waals surface area contributed by atoms with E-state index >= 15 is 0 Å². The topological polar surface area (TPSA) is 69.6 Å². The summed E-state index contributed by atoms with van der Waals surface area (Å²) in [7, 11) is 0. The summed E-state index contributed by atoms with van der Waals surface area (Å²) < 4.78 is 26.9. The third-order valence-electron chi connectivity index (χ3n) is 5.97. The van der Waals surface area contributed by atoms with E-state index in [-0.39, 0.29) is 30.0 Å². The maximum atomic E-state index is 13.8. The Kier molecular flexibility index (Phi) is 6.99. The third kappa shape index (κ3) is 5.07. The summed E-state index contributed by atoms with van der Waals surface area (Å²) in [6.45, 7) is 0.629. The van der Waals surface area contributed by atoms with Crippen LogP contribution in [0.5, 0.6) is 0 Å². The first kappa shape index (κ1) is 20.7. The van der Waals surface area contributed by atoms with Gasteiger partial charge in [0.05, 0.1) is 18.2 Å². The zero-order valence-electron chi connectivity index (χ0n) is 16.0. The lowest BCUT2D eigenvalue weighted by atomic mass is 9.93. The summed E-state index contributed by atoms with van der Waals surface area (Å²) in [6.07, 6.45) is 6.54. The molecule has 0 spiro atoms. The number of hydrogen-bond donors (Lipinski definition) is 2. The maximum Gasteiger partial charge on any atom is 0.256 e. The number of carbonyl (C=O) groups is 2. The zero-order valence-corrected chi connectivity index (χ0v) is 16.0. The van der Waals surface area contributed by atoms with Gasteiger partial charge in [0.2, 0.25) is 5.91 Å². The molecule has 7 heteroatoms.